The van der Waals surface area contributed by atoms with Crippen LogP contribution in [0.5, 0.6) is 5.75 Å². The number of ether oxygens (including phenoxy) is 3. The fourth-order valence-corrected chi connectivity index (χ4v) is 10.4. The summed E-state index contributed by atoms with van der Waals surface area (Å²) in [4.78, 5) is 31.5. The number of methoxy groups -OCH3 is 1. The molecule has 64 heavy (non-hydrogen) atoms. The number of sulfonamides is 1. The van der Waals surface area contributed by atoms with Crippen molar-refractivity contribution < 1.29 is 32.2 Å². The van der Waals surface area contributed by atoms with Crippen LogP contribution in [0.1, 0.15) is 75.9 Å². The van der Waals surface area contributed by atoms with Crippen molar-refractivity contribution in [1.82, 2.24) is 10.0 Å². The molecule has 12 heteroatoms. The third-order valence-corrected chi connectivity index (χ3v) is 13.7. The number of carbonyl (C=O) groups excluding carboxylic acids is 2. The molecule has 0 saturated heterocycles. The van der Waals surface area contributed by atoms with Gasteiger partial charge in [-0.3, -0.25) is 0 Å². The minimum atomic E-state index is -4.22. The van der Waals surface area contributed by atoms with Crippen molar-refractivity contribution >= 4 is 33.7 Å². The molecule has 0 bridgehead atoms. The summed E-state index contributed by atoms with van der Waals surface area (Å²) >= 11 is 0. The number of nitrogens with one attached hydrogen (secondary N) is 3. The Hall–Kier alpha value is -6.92. The van der Waals surface area contributed by atoms with Crippen molar-refractivity contribution in [2.75, 3.05) is 19.0 Å². The summed E-state index contributed by atoms with van der Waals surface area (Å²) in [5.41, 5.74) is 9.75. The molecule has 8 rings (SSSR count). The number of fused-ring (bicyclic) bond motifs is 4. The van der Waals surface area contributed by atoms with Crippen molar-refractivity contribution in [2.24, 2.45) is 4.99 Å². The molecule has 1 heterocycles. The van der Waals surface area contributed by atoms with Crippen LogP contribution in [0, 0.1) is 20.8 Å². The van der Waals surface area contributed by atoms with Gasteiger partial charge in [0.2, 0.25) is 5.96 Å². The van der Waals surface area contributed by atoms with Gasteiger partial charge in [-0.25, -0.2) is 27.7 Å². The molecule has 6 aromatic rings. The first-order valence-electron chi connectivity index (χ1n) is 21.3. The van der Waals surface area contributed by atoms with E-state index in [0.717, 1.165) is 50.3 Å². The lowest BCUT2D eigenvalue weighted by molar-refractivity contribution is -0.143. The van der Waals surface area contributed by atoms with Gasteiger partial charge in [0.15, 0.2) is 0 Å². The molecule has 0 spiro atoms. The van der Waals surface area contributed by atoms with E-state index in [2.05, 4.69) is 27.5 Å². The van der Waals surface area contributed by atoms with Crippen molar-refractivity contribution in [3.05, 3.63) is 184 Å². The van der Waals surface area contributed by atoms with Crippen molar-refractivity contribution in [1.29, 1.82) is 0 Å². The molecule has 0 fully saturated rings. The summed E-state index contributed by atoms with van der Waals surface area (Å²) in [6.45, 7) is 9.61. The number of rotatable bonds is 12. The van der Waals surface area contributed by atoms with Crippen molar-refractivity contribution in [3.63, 3.8) is 0 Å². The Morgan fingerprint density at radius 1 is 0.766 bits per heavy atom. The molecule has 0 unspecified atom stereocenters. The number of carbonyl (C=O) groups is 2. The van der Waals surface area contributed by atoms with E-state index in [9.17, 15) is 18.0 Å². The number of anilines is 1. The SMILES string of the molecule is COC(=O)[C@H](Cc1ccc(NC(=NC(c2ccccc2)c2ccccc2)NS(=O)(=O)c2c(C)c(C)c3c(c2C)CC(C)(C)O3)cc1)NC(=O)OCC1c2ccccc2-c2ccccc21. The molecule has 0 aromatic heterocycles. The van der Waals surface area contributed by atoms with Gasteiger partial charge in [-0.05, 0) is 102 Å². The van der Waals surface area contributed by atoms with Crippen LogP contribution in [0.25, 0.3) is 11.1 Å². The second kappa shape index (κ2) is 18.1. The maximum atomic E-state index is 14.7. The van der Waals surface area contributed by atoms with Gasteiger partial charge < -0.3 is 24.8 Å². The van der Waals surface area contributed by atoms with Gasteiger partial charge in [0.1, 0.15) is 30.0 Å². The van der Waals surface area contributed by atoms with E-state index >= 15 is 0 Å². The maximum absolute atomic E-state index is 14.7. The summed E-state index contributed by atoms with van der Waals surface area (Å²) in [6.07, 6.45) is -0.0628. The summed E-state index contributed by atoms with van der Waals surface area (Å²) in [7, 11) is -2.96. The first-order chi connectivity index (χ1) is 30.7. The minimum absolute atomic E-state index is 0.00310. The molecular weight excluding hydrogens is 825 g/mol. The summed E-state index contributed by atoms with van der Waals surface area (Å²) in [6, 6.07) is 41.0. The van der Waals surface area contributed by atoms with E-state index in [1.807, 2.05) is 125 Å². The normalized spacial score (nSPS) is 14.5. The Labute approximate surface area is 375 Å². The molecule has 6 aromatic carbocycles. The lowest BCUT2D eigenvalue weighted by atomic mass is 9.94. The van der Waals surface area contributed by atoms with Crippen LogP contribution in [0.4, 0.5) is 10.5 Å². The molecule has 1 amide bonds. The van der Waals surface area contributed by atoms with Gasteiger partial charge in [0.05, 0.1) is 12.0 Å². The highest BCUT2D eigenvalue weighted by Crippen LogP contribution is 2.45. The monoisotopic (exact) mass is 876 g/mol. The van der Waals surface area contributed by atoms with E-state index < -0.39 is 39.8 Å². The smallest absolute Gasteiger partial charge is 0.407 e. The second-order valence-electron chi connectivity index (χ2n) is 16.9. The lowest BCUT2D eigenvalue weighted by Crippen LogP contribution is -2.43. The number of hydrogen-bond acceptors (Lipinski definition) is 8. The average molecular weight is 877 g/mol. The van der Waals surface area contributed by atoms with Crippen LogP contribution in [-0.4, -0.2) is 51.8 Å². The molecule has 3 N–H and O–H groups in total. The number of amides is 1. The minimum Gasteiger partial charge on any atom is -0.487 e. The topological polar surface area (TPSA) is 144 Å². The maximum Gasteiger partial charge on any atom is 0.407 e. The number of benzene rings is 6. The molecule has 1 atom stereocenters. The van der Waals surface area contributed by atoms with Gasteiger partial charge in [-0.15, -0.1) is 0 Å². The van der Waals surface area contributed by atoms with E-state index in [1.165, 1.54) is 7.11 Å². The van der Waals surface area contributed by atoms with Crippen LogP contribution >= 0.6 is 0 Å². The summed E-state index contributed by atoms with van der Waals surface area (Å²) in [5, 5.41) is 5.96. The highest BCUT2D eigenvalue weighted by Gasteiger charge is 2.37. The Kier molecular flexibility index (Phi) is 12.3. The Balaban J connectivity index is 1.04. The van der Waals surface area contributed by atoms with Gasteiger partial charge in [0.25, 0.3) is 10.0 Å². The van der Waals surface area contributed by atoms with Crippen molar-refractivity contribution in [2.45, 2.75) is 76.0 Å². The molecule has 0 saturated carbocycles. The average Bonchev–Trinajstić information content (AvgIpc) is 3.80. The number of hydrogen-bond donors (Lipinski definition) is 3. The summed E-state index contributed by atoms with van der Waals surface area (Å²) < 4.78 is 49.3. The molecule has 11 nitrogen and oxygen atoms in total. The van der Waals surface area contributed by atoms with Gasteiger partial charge >= 0.3 is 12.1 Å². The van der Waals surface area contributed by atoms with Crippen LogP contribution in [-0.2, 0) is 37.1 Å². The molecule has 1 aliphatic heterocycles. The molecule has 0 radical (unpaired) electrons. The number of alkyl carbamates (subject to hydrolysis) is 1. The number of esters is 1. The number of aliphatic imine (C=N–C) groups is 1. The molecule has 328 valence electrons. The Morgan fingerprint density at radius 3 is 1.91 bits per heavy atom. The zero-order valence-corrected chi connectivity index (χ0v) is 37.6. The largest absolute Gasteiger partial charge is 0.487 e. The van der Waals surface area contributed by atoms with Crippen LogP contribution in [0.15, 0.2) is 143 Å². The quantitative estimate of drug-likeness (QED) is 0.0627. The molecular formula is C52H52N4O7S. The van der Waals surface area contributed by atoms with Gasteiger partial charge in [-0.2, -0.15) is 0 Å². The zero-order valence-electron chi connectivity index (χ0n) is 36.8. The van der Waals surface area contributed by atoms with Crippen LogP contribution < -0.4 is 20.1 Å². The van der Waals surface area contributed by atoms with E-state index in [1.54, 1.807) is 31.2 Å². The fourth-order valence-electron chi connectivity index (χ4n) is 8.87. The van der Waals surface area contributed by atoms with Gasteiger partial charge in [0, 0.05) is 30.0 Å². The first kappa shape index (κ1) is 43.7. The van der Waals surface area contributed by atoms with E-state index in [4.69, 9.17) is 19.2 Å². The lowest BCUT2D eigenvalue weighted by Gasteiger charge is -2.21. The van der Waals surface area contributed by atoms with Crippen LogP contribution in [0.2, 0.25) is 0 Å². The number of nitrogens with zero attached hydrogens (tertiary/aromatic N) is 1. The Bertz CT molecular complexity index is 2760. The highest BCUT2D eigenvalue weighted by molar-refractivity contribution is 7.90. The second-order valence-corrected chi connectivity index (χ2v) is 18.5. The first-order valence-corrected chi connectivity index (χ1v) is 22.8. The molecule has 1 aliphatic carbocycles. The summed E-state index contributed by atoms with van der Waals surface area (Å²) in [5.74, 6) is -0.0311. The van der Waals surface area contributed by atoms with Crippen molar-refractivity contribution in [3.8, 4) is 16.9 Å². The molecule has 2 aliphatic rings. The predicted molar refractivity (Wildman–Crippen MR) is 249 cm³/mol. The van der Waals surface area contributed by atoms with Crippen LogP contribution in [0.3, 0.4) is 0 Å². The third-order valence-electron chi connectivity index (χ3n) is 12.1. The zero-order chi connectivity index (χ0) is 45.2. The number of guanidine groups is 1. The van der Waals surface area contributed by atoms with E-state index in [0.29, 0.717) is 28.8 Å². The van der Waals surface area contributed by atoms with E-state index in [-0.39, 0.29) is 29.8 Å². The highest BCUT2D eigenvalue weighted by atomic mass is 32.2. The Morgan fingerprint density at radius 2 is 1.33 bits per heavy atom. The fraction of sp³-hybridized carbons (Fsp3) is 0.250. The van der Waals surface area contributed by atoms with Gasteiger partial charge in [-0.1, -0.05) is 121 Å². The third kappa shape index (κ3) is 9.10. The standard InChI is InChI=1S/C52H52N4O7S/c1-32-33(2)48(34(3)43-30-52(4,5)63-47(32)43)64(59,60)56-50(55-46(36-17-9-7-10-18-36)37-19-11-8-12-20-37)53-38-27-25-35(26-28-38)29-45(49(57)61-6)54-51(58)62-31-44-41-23-15-13-21-39(41)40-22-14-16-24-42(40)44/h7-28,44-46H,29-31H2,1-6H3,(H,54,58)(H2,53,55,56)/t45-/m0/s1. The predicted octanol–water partition coefficient (Wildman–Crippen LogP) is 9.48.